The van der Waals surface area contributed by atoms with Crippen molar-refractivity contribution in [1.82, 2.24) is 5.32 Å². The minimum absolute atomic E-state index is 0.0353. The highest BCUT2D eigenvalue weighted by Crippen LogP contribution is 2.33. The molecular formula is C14H16ClNO2S2. The van der Waals surface area contributed by atoms with Crippen LogP contribution in [-0.4, -0.2) is 18.6 Å². The average molecular weight is 330 g/mol. The van der Waals surface area contributed by atoms with Gasteiger partial charge in [-0.05, 0) is 37.4 Å². The molecule has 2 atom stereocenters. The quantitative estimate of drug-likeness (QED) is 0.811. The number of ether oxygens (including phenoxy) is 1. The fraction of sp³-hybridized carbons (Fsp3) is 0.357. The molecule has 2 aromatic heterocycles. The Balaban J connectivity index is 2.18. The van der Waals surface area contributed by atoms with Gasteiger partial charge in [-0.15, -0.1) is 22.7 Å². The molecule has 2 aromatic rings. The van der Waals surface area contributed by atoms with Gasteiger partial charge in [-0.25, -0.2) is 0 Å². The summed E-state index contributed by atoms with van der Waals surface area (Å²) in [6.45, 7) is 4.01. The van der Waals surface area contributed by atoms with Crippen molar-refractivity contribution < 1.29 is 9.53 Å². The molecule has 3 nitrogen and oxygen atoms in total. The number of carbonyl (C=O) groups excluding carboxylic acids is 1. The molecule has 2 unspecified atom stereocenters. The first-order valence-corrected chi connectivity index (χ1v) is 8.40. The molecule has 0 saturated carbocycles. The molecular weight excluding hydrogens is 314 g/mol. The van der Waals surface area contributed by atoms with E-state index >= 15 is 0 Å². The fourth-order valence-corrected chi connectivity index (χ4v) is 3.85. The molecule has 20 heavy (non-hydrogen) atoms. The summed E-state index contributed by atoms with van der Waals surface area (Å²) in [5, 5.41) is 5.34. The number of carbonyl (C=O) groups is 1. The van der Waals surface area contributed by atoms with E-state index in [4.69, 9.17) is 16.3 Å². The molecule has 2 heterocycles. The predicted molar refractivity (Wildman–Crippen MR) is 84.7 cm³/mol. The van der Waals surface area contributed by atoms with Crippen LogP contribution in [0.4, 0.5) is 0 Å². The first kappa shape index (κ1) is 15.5. The highest BCUT2D eigenvalue weighted by molar-refractivity contribution is 7.16. The van der Waals surface area contributed by atoms with Crippen molar-refractivity contribution in [2.24, 2.45) is 0 Å². The minimum Gasteiger partial charge on any atom is -0.465 e. The smallest absolute Gasteiger partial charge is 0.322 e. The summed E-state index contributed by atoms with van der Waals surface area (Å²) in [5.74, 6) is -0.239. The number of thiophene rings is 2. The maximum Gasteiger partial charge on any atom is 0.322 e. The predicted octanol–water partition coefficient (Wildman–Crippen LogP) is 4.09. The number of nitrogens with one attached hydrogen (secondary N) is 1. The van der Waals surface area contributed by atoms with Crippen LogP contribution in [0.1, 0.15) is 29.6 Å². The van der Waals surface area contributed by atoms with Crippen LogP contribution in [0.3, 0.4) is 0 Å². The zero-order valence-corrected chi connectivity index (χ0v) is 13.6. The molecule has 0 aromatic carbocycles. The molecule has 0 aliphatic rings. The maximum absolute atomic E-state index is 11.8. The summed E-state index contributed by atoms with van der Waals surface area (Å²) in [7, 11) is 0. The molecule has 2 rings (SSSR count). The molecule has 0 aliphatic heterocycles. The van der Waals surface area contributed by atoms with Crippen LogP contribution in [0, 0.1) is 0 Å². The molecule has 0 spiro atoms. The summed E-state index contributed by atoms with van der Waals surface area (Å²) >= 11 is 9.19. The normalized spacial score (nSPS) is 13.9. The molecule has 0 amide bonds. The average Bonchev–Trinajstić information content (AvgIpc) is 3.07. The standard InChI is InChI=1S/C14H16ClNO2S2/c1-3-18-14(17)9(2)16-13(10-5-4-8-19-10)11-6-7-12(15)20-11/h4-9,13,16H,3H2,1-2H3. The number of halogens is 1. The molecule has 0 radical (unpaired) electrons. The van der Waals surface area contributed by atoms with E-state index in [1.807, 2.05) is 36.6 Å². The van der Waals surface area contributed by atoms with Crippen LogP contribution >= 0.6 is 34.3 Å². The van der Waals surface area contributed by atoms with Gasteiger partial charge in [-0.3, -0.25) is 10.1 Å². The van der Waals surface area contributed by atoms with Gasteiger partial charge in [-0.1, -0.05) is 17.7 Å². The van der Waals surface area contributed by atoms with Crippen LogP contribution < -0.4 is 5.32 Å². The lowest BCUT2D eigenvalue weighted by atomic mass is 10.1. The van der Waals surface area contributed by atoms with Gasteiger partial charge >= 0.3 is 5.97 Å². The lowest BCUT2D eigenvalue weighted by Gasteiger charge is -2.20. The maximum atomic E-state index is 11.8. The van der Waals surface area contributed by atoms with Gasteiger partial charge < -0.3 is 4.74 Å². The fourth-order valence-electron chi connectivity index (χ4n) is 1.83. The van der Waals surface area contributed by atoms with Crippen LogP contribution in [0.15, 0.2) is 29.6 Å². The van der Waals surface area contributed by atoms with Gasteiger partial charge in [0, 0.05) is 9.75 Å². The lowest BCUT2D eigenvalue weighted by Crippen LogP contribution is -2.37. The van der Waals surface area contributed by atoms with E-state index in [1.165, 1.54) is 11.3 Å². The van der Waals surface area contributed by atoms with Crippen LogP contribution in [0.2, 0.25) is 4.34 Å². The number of rotatable bonds is 6. The Morgan fingerprint density at radius 2 is 2.20 bits per heavy atom. The molecule has 0 saturated heterocycles. The van der Waals surface area contributed by atoms with Crippen molar-refractivity contribution in [3.05, 3.63) is 43.7 Å². The highest BCUT2D eigenvalue weighted by atomic mass is 35.5. The van der Waals surface area contributed by atoms with Crippen LogP contribution in [0.5, 0.6) is 0 Å². The van der Waals surface area contributed by atoms with Gasteiger partial charge in [0.25, 0.3) is 0 Å². The van der Waals surface area contributed by atoms with E-state index in [9.17, 15) is 4.79 Å². The molecule has 0 fully saturated rings. The van der Waals surface area contributed by atoms with Crippen LogP contribution in [0.25, 0.3) is 0 Å². The van der Waals surface area contributed by atoms with E-state index in [0.717, 1.165) is 14.1 Å². The minimum atomic E-state index is -0.372. The van der Waals surface area contributed by atoms with Gasteiger partial charge in [0.1, 0.15) is 6.04 Å². The molecule has 6 heteroatoms. The summed E-state index contributed by atoms with van der Waals surface area (Å²) < 4.78 is 5.79. The highest BCUT2D eigenvalue weighted by Gasteiger charge is 2.23. The summed E-state index contributed by atoms with van der Waals surface area (Å²) in [4.78, 5) is 14.0. The Morgan fingerprint density at radius 3 is 2.75 bits per heavy atom. The molecule has 0 aliphatic carbocycles. The third-order valence-corrected chi connectivity index (χ3v) is 5.00. The van der Waals surface area contributed by atoms with Crippen molar-refractivity contribution in [3.63, 3.8) is 0 Å². The molecule has 108 valence electrons. The number of esters is 1. The van der Waals surface area contributed by atoms with E-state index in [2.05, 4.69) is 5.32 Å². The monoisotopic (exact) mass is 329 g/mol. The van der Waals surface area contributed by atoms with Crippen molar-refractivity contribution >= 4 is 40.2 Å². The number of hydrogen-bond acceptors (Lipinski definition) is 5. The van der Waals surface area contributed by atoms with E-state index < -0.39 is 0 Å². The van der Waals surface area contributed by atoms with Crippen molar-refractivity contribution in [2.75, 3.05) is 6.61 Å². The Kier molecular flexibility index (Phi) is 5.60. The summed E-state index contributed by atoms with van der Waals surface area (Å²) in [6.07, 6.45) is 0. The molecule has 1 N–H and O–H groups in total. The zero-order chi connectivity index (χ0) is 14.5. The van der Waals surface area contributed by atoms with E-state index in [1.54, 1.807) is 18.3 Å². The summed E-state index contributed by atoms with van der Waals surface area (Å²) in [6, 6.07) is 7.50. The van der Waals surface area contributed by atoms with Crippen LogP contribution in [-0.2, 0) is 9.53 Å². The van der Waals surface area contributed by atoms with E-state index in [0.29, 0.717) is 6.61 Å². The molecule has 0 bridgehead atoms. The first-order chi connectivity index (χ1) is 9.61. The first-order valence-electron chi connectivity index (χ1n) is 6.33. The largest absolute Gasteiger partial charge is 0.465 e. The van der Waals surface area contributed by atoms with Gasteiger partial charge in [0.2, 0.25) is 0 Å². The Hall–Kier alpha value is -0.880. The third kappa shape index (κ3) is 3.82. The SMILES string of the molecule is CCOC(=O)C(C)NC(c1cccs1)c1ccc(Cl)s1. The second kappa shape index (κ2) is 7.22. The summed E-state index contributed by atoms with van der Waals surface area (Å²) in [5.41, 5.74) is 0. The van der Waals surface area contributed by atoms with Gasteiger partial charge in [0.15, 0.2) is 0 Å². The van der Waals surface area contributed by atoms with Crippen molar-refractivity contribution in [3.8, 4) is 0 Å². The van der Waals surface area contributed by atoms with E-state index in [-0.39, 0.29) is 18.1 Å². The Labute approximate surface area is 131 Å². The Bertz CT molecular complexity index is 553. The van der Waals surface area contributed by atoms with Gasteiger partial charge in [-0.2, -0.15) is 0 Å². The van der Waals surface area contributed by atoms with Crippen molar-refractivity contribution in [2.45, 2.75) is 25.9 Å². The lowest BCUT2D eigenvalue weighted by molar-refractivity contribution is -0.145. The Morgan fingerprint density at radius 1 is 1.40 bits per heavy atom. The topological polar surface area (TPSA) is 38.3 Å². The zero-order valence-electron chi connectivity index (χ0n) is 11.3. The second-order valence-electron chi connectivity index (χ2n) is 4.23. The van der Waals surface area contributed by atoms with Crippen molar-refractivity contribution in [1.29, 1.82) is 0 Å². The van der Waals surface area contributed by atoms with Gasteiger partial charge in [0.05, 0.1) is 17.0 Å². The third-order valence-electron chi connectivity index (χ3n) is 2.76. The number of hydrogen-bond donors (Lipinski definition) is 1. The second-order valence-corrected chi connectivity index (χ2v) is 6.96.